The summed E-state index contributed by atoms with van der Waals surface area (Å²) in [7, 11) is 0. The van der Waals surface area contributed by atoms with E-state index in [4.69, 9.17) is 0 Å². The Kier molecular flexibility index (Phi) is 2.94. The van der Waals surface area contributed by atoms with E-state index in [0.29, 0.717) is 5.41 Å². The van der Waals surface area contributed by atoms with E-state index in [9.17, 15) is 0 Å². The summed E-state index contributed by atoms with van der Waals surface area (Å²) in [5.41, 5.74) is 0.601. The molecule has 1 atom stereocenters. The van der Waals surface area contributed by atoms with Crippen molar-refractivity contribution in [1.82, 2.24) is 5.32 Å². The summed E-state index contributed by atoms with van der Waals surface area (Å²) >= 11 is 0. The van der Waals surface area contributed by atoms with E-state index >= 15 is 0 Å². The minimum atomic E-state index is 0.601. The second-order valence-electron chi connectivity index (χ2n) is 4.09. The summed E-state index contributed by atoms with van der Waals surface area (Å²) in [6.45, 7) is 9.53. The standard InChI is InChI=1S/C10H21N/c1-4-9(5-2)10(3)6-7-11-8-10/h9,11H,4-8H2,1-3H3. The van der Waals surface area contributed by atoms with Gasteiger partial charge in [0.25, 0.3) is 0 Å². The fourth-order valence-electron chi connectivity index (χ4n) is 2.46. The van der Waals surface area contributed by atoms with Crippen LogP contribution in [0.15, 0.2) is 0 Å². The number of nitrogens with one attached hydrogen (secondary N) is 1. The molecule has 1 nitrogen and oxygen atoms in total. The molecule has 0 spiro atoms. The first-order valence-corrected chi connectivity index (χ1v) is 4.93. The van der Waals surface area contributed by atoms with E-state index < -0.39 is 0 Å². The zero-order valence-electron chi connectivity index (χ0n) is 8.11. The van der Waals surface area contributed by atoms with Crippen LogP contribution >= 0.6 is 0 Å². The van der Waals surface area contributed by atoms with Crippen LogP contribution in [0.1, 0.15) is 40.0 Å². The molecule has 0 aromatic heterocycles. The van der Waals surface area contributed by atoms with Gasteiger partial charge >= 0.3 is 0 Å². The highest BCUT2D eigenvalue weighted by Gasteiger charge is 2.34. The number of hydrogen-bond donors (Lipinski definition) is 1. The summed E-state index contributed by atoms with van der Waals surface area (Å²) in [5.74, 6) is 0.928. The molecule has 0 aromatic rings. The quantitative estimate of drug-likeness (QED) is 0.660. The molecule has 0 radical (unpaired) electrons. The molecule has 1 aliphatic rings. The SMILES string of the molecule is CCC(CC)C1(C)CCNC1. The van der Waals surface area contributed by atoms with Gasteiger partial charge in [0.1, 0.15) is 0 Å². The van der Waals surface area contributed by atoms with Gasteiger partial charge in [0.15, 0.2) is 0 Å². The highest BCUT2D eigenvalue weighted by Crippen LogP contribution is 2.37. The first-order valence-electron chi connectivity index (χ1n) is 4.93. The lowest BCUT2D eigenvalue weighted by molar-refractivity contribution is 0.199. The molecule has 66 valence electrons. The summed E-state index contributed by atoms with van der Waals surface area (Å²) < 4.78 is 0. The van der Waals surface area contributed by atoms with E-state index in [0.717, 1.165) is 5.92 Å². The Morgan fingerprint density at radius 3 is 2.36 bits per heavy atom. The number of hydrogen-bond acceptors (Lipinski definition) is 1. The number of rotatable bonds is 3. The smallest absolute Gasteiger partial charge is 0.000829 e. The molecule has 0 bridgehead atoms. The third-order valence-corrected chi connectivity index (χ3v) is 3.37. The van der Waals surface area contributed by atoms with Crippen LogP contribution < -0.4 is 5.32 Å². The lowest BCUT2D eigenvalue weighted by atomic mass is 9.74. The predicted molar refractivity (Wildman–Crippen MR) is 49.7 cm³/mol. The first kappa shape index (κ1) is 9.05. The molecule has 0 aliphatic carbocycles. The van der Waals surface area contributed by atoms with E-state index in [-0.39, 0.29) is 0 Å². The largest absolute Gasteiger partial charge is 0.316 e. The lowest BCUT2D eigenvalue weighted by Gasteiger charge is -2.31. The maximum atomic E-state index is 3.46. The van der Waals surface area contributed by atoms with Gasteiger partial charge in [-0.2, -0.15) is 0 Å². The third kappa shape index (κ3) is 1.76. The van der Waals surface area contributed by atoms with Crippen molar-refractivity contribution in [3.05, 3.63) is 0 Å². The molecular formula is C10H21N. The van der Waals surface area contributed by atoms with E-state index in [1.54, 1.807) is 0 Å². The average Bonchev–Trinajstić information content (AvgIpc) is 2.39. The average molecular weight is 155 g/mol. The highest BCUT2D eigenvalue weighted by atomic mass is 14.9. The van der Waals surface area contributed by atoms with Crippen molar-refractivity contribution < 1.29 is 0 Å². The van der Waals surface area contributed by atoms with Crippen LogP contribution in [0.4, 0.5) is 0 Å². The maximum absolute atomic E-state index is 3.46. The van der Waals surface area contributed by atoms with Crippen molar-refractivity contribution >= 4 is 0 Å². The topological polar surface area (TPSA) is 12.0 Å². The van der Waals surface area contributed by atoms with Crippen molar-refractivity contribution in [2.45, 2.75) is 40.0 Å². The molecule has 1 heterocycles. The van der Waals surface area contributed by atoms with Gasteiger partial charge in [0, 0.05) is 6.54 Å². The normalized spacial score (nSPS) is 31.6. The van der Waals surface area contributed by atoms with E-state index in [1.807, 2.05) is 0 Å². The van der Waals surface area contributed by atoms with Crippen LogP contribution in [-0.2, 0) is 0 Å². The summed E-state index contributed by atoms with van der Waals surface area (Å²) in [4.78, 5) is 0. The fourth-order valence-corrected chi connectivity index (χ4v) is 2.46. The molecule has 1 unspecified atom stereocenters. The Balaban J connectivity index is 2.53. The van der Waals surface area contributed by atoms with Gasteiger partial charge in [-0.15, -0.1) is 0 Å². The van der Waals surface area contributed by atoms with Crippen molar-refractivity contribution in [2.24, 2.45) is 11.3 Å². The molecule has 1 aliphatic heterocycles. The third-order valence-electron chi connectivity index (χ3n) is 3.37. The Labute approximate surface area is 70.6 Å². The Morgan fingerprint density at radius 1 is 1.36 bits per heavy atom. The molecule has 1 heteroatoms. The molecule has 11 heavy (non-hydrogen) atoms. The highest BCUT2D eigenvalue weighted by molar-refractivity contribution is 4.88. The summed E-state index contributed by atoms with van der Waals surface area (Å²) in [6, 6.07) is 0. The van der Waals surface area contributed by atoms with Gasteiger partial charge < -0.3 is 5.32 Å². The minimum absolute atomic E-state index is 0.601. The zero-order valence-corrected chi connectivity index (χ0v) is 8.11. The molecule has 0 saturated carbocycles. The monoisotopic (exact) mass is 155 g/mol. The van der Waals surface area contributed by atoms with Gasteiger partial charge in [-0.1, -0.05) is 33.6 Å². The Hall–Kier alpha value is -0.0400. The van der Waals surface area contributed by atoms with Crippen LogP contribution in [0, 0.1) is 11.3 Å². The lowest BCUT2D eigenvalue weighted by Crippen LogP contribution is -2.28. The van der Waals surface area contributed by atoms with Crippen LogP contribution in [0.3, 0.4) is 0 Å². The van der Waals surface area contributed by atoms with Crippen LogP contribution in [0.25, 0.3) is 0 Å². The van der Waals surface area contributed by atoms with Gasteiger partial charge in [-0.05, 0) is 24.3 Å². The van der Waals surface area contributed by atoms with E-state index in [2.05, 4.69) is 26.1 Å². The van der Waals surface area contributed by atoms with Crippen molar-refractivity contribution in [3.8, 4) is 0 Å². The van der Waals surface area contributed by atoms with Gasteiger partial charge in [-0.25, -0.2) is 0 Å². The van der Waals surface area contributed by atoms with Crippen LogP contribution in [0.2, 0.25) is 0 Å². The maximum Gasteiger partial charge on any atom is 0.000829 e. The molecule has 1 N–H and O–H groups in total. The molecular weight excluding hydrogens is 134 g/mol. The molecule has 1 fully saturated rings. The Morgan fingerprint density at radius 2 is 2.00 bits per heavy atom. The van der Waals surface area contributed by atoms with Crippen LogP contribution in [0.5, 0.6) is 0 Å². The minimum Gasteiger partial charge on any atom is -0.316 e. The second kappa shape index (κ2) is 3.57. The van der Waals surface area contributed by atoms with Gasteiger partial charge in [-0.3, -0.25) is 0 Å². The van der Waals surface area contributed by atoms with Gasteiger partial charge in [0.05, 0.1) is 0 Å². The fraction of sp³-hybridized carbons (Fsp3) is 1.00. The van der Waals surface area contributed by atoms with Crippen molar-refractivity contribution in [2.75, 3.05) is 13.1 Å². The van der Waals surface area contributed by atoms with E-state index in [1.165, 1.54) is 32.4 Å². The summed E-state index contributed by atoms with van der Waals surface area (Å²) in [5, 5.41) is 3.46. The molecule has 1 rings (SSSR count). The predicted octanol–water partition coefficient (Wildman–Crippen LogP) is 2.42. The van der Waals surface area contributed by atoms with Crippen LogP contribution in [-0.4, -0.2) is 13.1 Å². The van der Waals surface area contributed by atoms with Crippen molar-refractivity contribution in [1.29, 1.82) is 0 Å². The zero-order chi connectivity index (χ0) is 8.32. The second-order valence-corrected chi connectivity index (χ2v) is 4.09. The molecule has 1 saturated heterocycles. The molecule has 0 aromatic carbocycles. The first-order chi connectivity index (χ1) is 5.23. The van der Waals surface area contributed by atoms with Gasteiger partial charge in [0.2, 0.25) is 0 Å². The van der Waals surface area contributed by atoms with Crippen molar-refractivity contribution in [3.63, 3.8) is 0 Å². The molecule has 0 amide bonds. The summed E-state index contributed by atoms with van der Waals surface area (Å²) in [6.07, 6.45) is 4.06. The Bertz CT molecular complexity index is 110.